The Morgan fingerprint density at radius 2 is 2.22 bits per heavy atom. The van der Waals surface area contributed by atoms with Gasteiger partial charge in [-0.3, -0.25) is 9.78 Å². The molecule has 1 N–H and O–H groups in total. The van der Waals surface area contributed by atoms with E-state index >= 15 is 0 Å². The third-order valence-electron chi connectivity index (χ3n) is 2.95. The van der Waals surface area contributed by atoms with Crippen LogP contribution in [0.15, 0.2) is 30.5 Å². The summed E-state index contributed by atoms with van der Waals surface area (Å²) < 4.78 is 0. The lowest BCUT2D eigenvalue weighted by molar-refractivity contribution is 0.0941. The number of rotatable bonds is 3. The summed E-state index contributed by atoms with van der Waals surface area (Å²) in [5.74, 6) is -0.107. The lowest BCUT2D eigenvalue weighted by Gasteiger charge is -2.12. The van der Waals surface area contributed by atoms with Crippen molar-refractivity contribution in [3.05, 3.63) is 41.0 Å². The summed E-state index contributed by atoms with van der Waals surface area (Å²) in [4.78, 5) is 16.4. The van der Waals surface area contributed by atoms with Crippen molar-refractivity contribution in [1.29, 1.82) is 0 Å². The first kappa shape index (κ1) is 12.8. The van der Waals surface area contributed by atoms with Crippen LogP contribution in [0.3, 0.4) is 0 Å². The molecule has 1 atom stereocenters. The summed E-state index contributed by atoms with van der Waals surface area (Å²) in [6.07, 6.45) is 2.56. The summed E-state index contributed by atoms with van der Waals surface area (Å²) in [6, 6.07) is 7.27. The fourth-order valence-electron chi connectivity index (χ4n) is 1.72. The van der Waals surface area contributed by atoms with Crippen LogP contribution >= 0.6 is 11.6 Å². The Kier molecular flexibility index (Phi) is 3.82. The zero-order valence-electron chi connectivity index (χ0n) is 10.4. The fourth-order valence-corrected chi connectivity index (χ4v) is 1.94. The van der Waals surface area contributed by atoms with Crippen LogP contribution in [0.4, 0.5) is 0 Å². The van der Waals surface area contributed by atoms with Gasteiger partial charge >= 0.3 is 0 Å². The van der Waals surface area contributed by atoms with Crippen LogP contribution in [0.2, 0.25) is 5.02 Å². The average molecular weight is 263 g/mol. The van der Waals surface area contributed by atoms with Gasteiger partial charge in [0, 0.05) is 17.6 Å². The maximum absolute atomic E-state index is 12.1. The number of pyridine rings is 1. The van der Waals surface area contributed by atoms with Crippen LogP contribution < -0.4 is 5.32 Å². The quantitative estimate of drug-likeness (QED) is 0.921. The molecule has 0 spiro atoms. The van der Waals surface area contributed by atoms with Crippen LogP contribution in [0.1, 0.15) is 30.6 Å². The number of fused-ring (bicyclic) bond motifs is 1. The van der Waals surface area contributed by atoms with Gasteiger partial charge in [0.25, 0.3) is 5.91 Å². The summed E-state index contributed by atoms with van der Waals surface area (Å²) >= 11 is 6.10. The smallest absolute Gasteiger partial charge is 0.253 e. The van der Waals surface area contributed by atoms with E-state index in [0.29, 0.717) is 16.1 Å². The van der Waals surface area contributed by atoms with Crippen LogP contribution in [0, 0.1) is 0 Å². The van der Waals surface area contributed by atoms with E-state index in [4.69, 9.17) is 11.6 Å². The van der Waals surface area contributed by atoms with Crippen LogP contribution in [0.5, 0.6) is 0 Å². The van der Waals surface area contributed by atoms with Crippen molar-refractivity contribution in [1.82, 2.24) is 10.3 Å². The van der Waals surface area contributed by atoms with E-state index in [1.807, 2.05) is 26.0 Å². The van der Waals surface area contributed by atoms with Gasteiger partial charge in [-0.1, -0.05) is 18.5 Å². The normalized spacial score (nSPS) is 12.4. The van der Waals surface area contributed by atoms with Gasteiger partial charge in [-0.2, -0.15) is 0 Å². The molecule has 0 fully saturated rings. The Hall–Kier alpha value is -1.61. The number of halogens is 1. The number of aromatic nitrogens is 1. The second-order valence-electron chi connectivity index (χ2n) is 4.28. The van der Waals surface area contributed by atoms with Crippen molar-refractivity contribution in [3.63, 3.8) is 0 Å². The van der Waals surface area contributed by atoms with Gasteiger partial charge in [-0.15, -0.1) is 0 Å². The molecule has 94 valence electrons. The molecule has 2 aromatic rings. The van der Waals surface area contributed by atoms with E-state index in [-0.39, 0.29) is 11.9 Å². The zero-order valence-corrected chi connectivity index (χ0v) is 11.2. The Morgan fingerprint density at radius 1 is 1.44 bits per heavy atom. The molecule has 0 bridgehead atoms. The van der Waals surface area contributed by atoms with Gasteiger partial charge in [0.1, 0.15) is 0 Å². The molecule has 2 rings (SSSR count). The average Bonchev–Trinajstić information content (AvgIpc) is 2.39. The van der Waals surface area contributed by atoms with Gasteiger partial charge in [-0.05, 0) is 37.6 Å². The number of nitrogens with one attached hydrogen (secondary N) is 1. The SMILES string of the molecule is CCC(C)NC(=O)c1ccc(Cl)c2cccnc12. The minimum atomic E-state index is -0.107. The topological polar surface area (TPSA) is 42.0 Å². The second-order valence-corrected chi connectivity index (χ2v) is 4.68. The molecule has 0 aliphatic carbocycles. The molecule has 0 saturated heterocycles. The van der Waals surface area contributed by atoms with Gasteiger partial charge in [-0.25, -0.2) is 0 Å². The molecule has 1 aromatic heterocycles. The summed E-state index contributed by atoms with van der Waals surface area (Å²) in [6.45, 7) is 4.01. The van der Waals surface area contributed by atoms with E-state index in [9.17, 15) is 4.79 Å². The molecular weight excluding hydrogens is 248 g/mol. The molecule has 1 heterocycles. The monoisotopic (exact) mass is 262 g/mol. The van der Waals surface area contributed by atoms with Gasteiger partial charge < -0.3 is 5.32 Å². The summed E-state index contributed by atoms with van der Waals surface area (Å²) in [5.41, 5.74) is 1.21. The molecule has 3 nitrogen and oxygen atoms in total. The fraction of sp³-hybridized carbons (Fsp3) is 0.286. The van der Waals surface area contributed by atoms with Crippen molar-refractivity contribution >= 4 is 28.4 Å². The molecule has 1 aromatic carbocycles. The molecule has 0 radical (unpaired) electrons. The number of hydrogen-bond donors (Lipinski definition) is 1. The number of benzene rings is 1. The molecule has 4 heteroatoms. The van der Waals surface area contributed by atoms with Crippen molar-refractivity contribution in [3.8, 4) is 0 Å². The van der Waals surface area contributed by atoms with Gasteiger partial charge in [0.2, 0.25) is 0 Å². The minimum absolute atomic E-state index is 0.107. The largest absolute Gasteiger partial charge is 0.350 e. The van der Waals surface area contributed by atoms with Crippen molar-refractivity contribution in [2.45, 2.75) is 26.3 Å². The van der Waals surface area contributed by atoms with Crippen molar-refractivity contribution in [2.24, 2.45) is 0 Å². The van der Waals surface area contributed by atoms with E-state index < -0.39 is 0 Å². The maximum atomic E-state index is 12.1. The van der Waals surface area contributed by atoms with Gasteiger partial charge in [0.05, 0.1) is 16.1 Å². The van der Waals surface area contributed by atoms with Gasteiger partial charge in [0.15, 0.2) is 0 Å². The highest BCUT2D eigenvalue weighted by atomic mass is 35.5. The molecule has 1 unspecified atom stereocenters. The predicted octanol–water partition coefficient (Wildman–Crippen LogP) is 3.42. The zero-order chi connectivity index (χ0) is 13.1. The second kappa shape index (κ2) is 5.36. The van der Waals surface area contributed by atoms with Crippen LogP contribution in [0.25, 0.3) is 10.9 Å². The van der Waals surface area contributed by atoms with E-state index in [1.165, 1.54) is 0 Å². The number of carbonyl (C=O) groups is 1. The van der Waals surface area contributed by atoms with E-state index in [2.05, 4.69) is 10.3 Å². The highest BCUT2D eigenvalue weighted by Gasteiger charge is 2.14. The first-order valence-corrected chi connectivity index (χ1v) is 6.35. The predicted molar refractivity (Wildman–Crippen MR) is 74.0 cm³/mol. The number of hydrogen-bond acceptors (Lipinski definition) is 2. The van der Waals surface area contributed by atoms with Crippen LogP contribution in [-0.2, 0) is 0 Å². The first-order chi connectivity index (χ1) is 8.63. The van der Waals surface area contributed by atoms with E-state index in [1.54, 1.807) is 18.3 Å². The molecule has 18 heavy (non-hydrogen) atoms. The van der Waals surface area contributed by atoms with Crippen molar-refractivity contribution in [2.75, 3.05) is 0 Å². The Morgan fingerprint density at radius 3 is 2.94 bits per heavy atom. The third kappa shape index (κ3) is 2.46. The molecule has 0 aliphatic rings. The molecule has 1 amide bonds. The number of carbonyl (C=O) groups excluding carboxylic acids is 1. The standard InChI is InChI=1S/C14H15ClN2O/c1-3-9(2)17-14(18)11-6-7-12(15)10-5-4-8-16-13(10)11/h4-9H,3H2,1-2H3,(H,17,18). The minimum Gasteiger partial charge on any atom is -0.350 e. The summed E-state index contributed by atoms with van der Waals surface area (Å²) in [5, 5.41) is 4.35. The first-order valence-electron chi connectivity index (χ1n) is 5.97. The lowest BCUT2D eigenvalue weighted by atomic mass is 10.1. The molecular formula is C14H15ClN2O. The van der Waals surface area contributed by atoms with Crippen molar-refractivity contribution < 1.29 is 4.79 Å². The highest BCUT2D eigenvalue weighted by Crippen LogP contribution is 2.24. The number of amides is 1. The lowest BCUT2D eigenvalue weighted by Crippen LogP contribution is -2.32. The Bertz CT molecular complexity index is 583. The molecule has 0 aliphatic heterocycles. The third-order valence-corrected chi connectivity index (χ3v) is 3.28. The number of nitrogens with zero attached hydrogens (tertiary/aromatic N) is 1. The summed E-state index contributed by atoms with van der Waals surface area (Å²) in [7, 11) is 0. The Labute approximate surface area is 111 Å². The highest BCUT2D eigenvalue weighted by molar-refractivity contribution is 6.36. The molecule has 0 saturated carbocycles. The maximum Gasteiger partial charge on any atom is 0.253 e. The van der Waals surface area contributed by atoms with Crippen LogP contribution in [-0.4, -0.2) is 16.9 Å². The Balaban J connectivity index is 2.45. The van der Waals surface area contributed by atoms with E-state index in [0.717, 1.165) is 11.8 Å².